The van der Waals surface area contributed by atoms with Crippen LogP contribution >= 0.6 is 0 Å². The number of aliphatic hydroxyl groups is 1. The Bertz CT molecular complexity index is 575. The zero-order valence-electron chi connectivity index (χ0n) is 16.9. The van der Waals surface area contributed by atoms with Gasteiger partial charge in [0.25, 0.3) is 0 Å². The van der Waals surface area contributed by atoms with Gasteiger partial charge in [0.05, 0.1) is 6.10 Å². The summed E-state index contributed by atoms with van der Waals surface area (Å²) in [5.41, 5.74) is -0.908. The second-order valence-electron chi connectivity index (χ2n) is 8.20. The van der Waals surface area contributed by atoms with E-state index in [2.05, 4.69) is 0 Å². The zero-order chi connectivity index (χ0) is 20.4. The van der Waals surface area contributed by atoms with Crippen molar-refractivity contribution in [2.24, 2.45) is 17.8 Å². The molecular weight excluding hydrogens is 352 g/mol. The Kier molecular flexibility index (Phi) is 6.89. The molecule has 27 heavy (non-hydrogen) atoms. The van der Waals surface area contributed by atoms with Gasteiger partial charge in [-0.05, 0) is 25.7 Å². The molecule has 7 nitrogen and oxygen atoms in total. The Morgan fingerprint density at radius 2 is 1.78 bits per heavy atom. The zero-order valence-corrected chi connectivity index (χ0v) is 16.9. The number of carbonyl (C=O) groups is 3. The van der Waals surface area contributed by atoms with Crippen molar-refractivity contribution in [3.05, 3.63) is 0 Å². The van der Waals surface area contributed by atoms with Crippen molar-refractivity contribution < 1.29 is 33.7 Å². The van der Waals surface area contributed by atoms with E-state index >= 15 is 0 Å². The van der Waals surface area contributed by atoms with Crippen LogP contribution in [0.4, 0.5) is 0 Å². The fourth-order valence-electron chi connectivity index (χ4n) is 4.94. The van der Waals surface area contributed by atoms with E-state index in [0.717, 1.165) is 0 Å². The molecule has 2 rings (SSSR count). The number of aliphatic hydroxyl groups excluding tert-OH is 1. The van der Waals surface area contributed by atoms with Crippen LogP contribution in [-0.2, 0) is 28.6 Å². The summed E-state index contributed by atoms with van der Waals surface area (Å²) in [4.78, 5) is 35.6. The molecule has 0 spiro atoms. The third kappa shape index (κ3) is 5.00. The van der Waals surface area contributed by atoms with Gasteiger partial charge >= 0.3 is 17.9 Å². The summed E-state index contributed by atoms with van der Waals surface area (Å²) in [5, 5.41) is 10.5. The maximum atomic E-state index is 12.1. The van der Waals surface area contributed by atoms with Crippen molar-refractivity contribution in [1.29, 1.82) is 0 Å². The number of hydrogen-bond acceptors (Lipinski definition) is 7. The third-order valence-corrected chi connectivity index (χ3v) is 5.96. The maximum Gasteiger partial charge on any atom is 0.306 e. The summed E-state index contributed by atoms with van der Waals surface area (Å²) < 4.78 is 16.9. The first-order chi connectivity index (χ1) is 12.6. The van der Waals surface area contributed by atoms with Crippen LogP contribution < -0.4 is 0 Å². The molecule has 0 aromatic heterocycles. The lowest BCUT2D eigenvalue weighted by Gasteiger charge is -2.38. The topological polar surface area (TPSA) is 99.1 Å². The molecule has 0 aromatic carbocycles. The lowest BCUT2D eigenvalue weighted by Crippen LogP contribution is -2.44. The molecule has 7 heteroatoms. The number of esters is 3. The molecule has 0 unspecified atom stereocenters. The van der Waals surface area contributed by atoms with Gasteiger partial charge in [0.2, 0.25) is 0 Å². The summed E-state index contributed by atoms with van der Waals surface area (Å²) in [5.74, 6) is -1.64. The molecule has 0 amide bonds. The molecule has 0 aromatic rings. The molecule has 7 atom stereocenters. The number of fused-ring (bicyclic) bond motifs is 1. The average molecular weight is 384 g/mol. The minimum Gasteiger partial charge on any atom is -0.462 e. The Morgan fingerprint density at radius 3 is 2.33 bits per heavy atom. The summed E-state index contributed by atoms with van der Waals surface area (Å²) in [6.45, 7) is 8.34. The normalized spacial score (nSPS) is 38.4. The molecule has 0 saturated heterocycles. The van der Waals surface area contributed by atoms with E-state index in [4.69, 9.17) is 14.2 Å². The standard InChI is InChI=1S/C20H32O7/c1-6-7-18(24)26-14-8-17(25-12(3)21)19-11(2)16(23)9-15(19)20(5,10-14)27-13(4)22/h11,14-17,19,23H,6-10H2,1-5H3/t11-,14+,15-,16-,17+,19+,20-/m0/s1. The van der Waals surface area contributed by atoms with Crippen molar-refractivity contribution in [3.63, 3.8) is 0 Å². The molecule has 1 N–H and O–H groups in total. The highest BCUT2D eigenvalue weighted by atomic mass is 16.6. The monoisotopic (exact) mass is 384 g/mol. The molecule has 0 radical (unpaired) electrons. The van der Waals surface area contributed by atoms with Crippen LogP contribution in [0.1, 0.15) is 66.7 Å². The van der Waals surface area contributed by atoms with Gasteiger partial charge < -0.3 is 19.3 Å². The van der Waals surface area contributed by atoms with E-state index in [-0.39, 0.29) is 23.7 Å². The number of carbonyl (C=O) groups excluding carboxylic acids is 3. The number of ether oxygens (including phenoxy) is 3. The van der Waals surface area contributed by atoms with Crippen LogP contribution in [0.5, 0.6) is 0 Å². The van der Waals surface area contributed by atoms with E-state index in [9.17, 15) is 19.5 Å². The van der Waals surface area contributed by atoms with Crippen LogP contribution in [0.3, 0.4) is 0 Å². The van der Waals surface area contributed by atoms with Crippen LogP contribution in [-0.4, -0.2) is 46.9 Å². The van der Waals surface area contributed by atoms with Crippen molar-refractivity contribution in [3.8, 4) is 0 Å². The molecule has 2 aliphatic rings. The molecular formula is C20H32O7. The molecule has 2 fully saturated rings. The van der Waals surface area contributed by atoms with Gasteiger partial charge in [-0.1, -0.05) is 13.8 Å². The second kappa shape index (κ2) is 8.59. The van der Waals surface area contributed by atoms with Crippen molar-refractivity contribution in [2.75, 3.05) is 0 Å². The predicted octanol–water partition coefficient (Wildman–Crippen LogP) is 2.38. The van der Waals surface area contributed by atoms with Gasteiger partial charge in [-0.3, -0.25) is 14.4 Å². The minimum absolute atomic E-state index is 0.126. The van der Waals surface area contributed by atoms with Gasteiger partial charge in [-0.15, -0.1) is 0 Å². The highest BCUT2D eigenvalue weighted by Crippen LogP contribution is 2.51. The summed E-state index contributed by atoms with van der Waals surface area (Å²) in [6.07, 6.45) is 0.500. The molecule has 154 valence electrons. The molecule has 0 aliphatic heterocycles. The van der Waals surface area contributed by atoms with Crippen LogP contribution in [0.25, 0.3) is 0 Å². The lowest BCUT2D eigenvalue weighted by atomic mass is 9.77. The van der Waals surface area contributed by atoms with Gasteiger partial charge in [0, 0.05) is 44.9 Å². The fourth-order valence-corrected chi connectivity index (χ4v) is 4.94. The highest BCUT2D eigenvalue weighted by Gasteiger charge is 2.57. The van der Waals surface area contributed by atoms with E-state index in [1.54, 1.807) is 0 Å². The Labute approximate surface area is 160 Å². The smallest absolute Gasteiger partial charge is 0.306 e. The molecule has 2 saturated carbocycles. The summed E-state index contributed by atoms with van der Waals surface area (Å²) >= 11 is 0. The van der Waals surface area contributed by atoms with Crippen LogP contribution in [0.15, 0.2) is 0 Å². The Morgan fingerprint density at radius 1 is 1.11 bits per heavy atom. The molecule has 0 heterocycles. The second-order valence-corrected chi connectivity index (χ2v) is 8.20. The fraction of sp³-hybridized carbons (Fsp3) is 0.850. The quantitative estimate of drug-likeness (QED) is 0.574. The van der Waals surface area contributed by atoms with E-state index in [1.807, 2.05) is 20.8 Å². The Balaban J connectivity index is 2.38. The maximum absolute atomic E-state index is 12.1. The summed E-state index contributed by atoms with van der Waals surface area (Å²) in [6, 6.07) is 0. The first-order valence-corrected chi connectivity index (χ1v) is 9.81. The molecule has 0 bridgehead atoms. The third-order valence-electron chi connectivity index (χ3n) is 5.96. The number of hydrogen-bond donors (Lipinski definition) is 1. The predicted molar refractivity (Wildman–Crippen MR) is 96.5 cm³/mol. The largest absolute Gasteiger partial charge is 0.462 e. The first kappa shape index (κ1) is 21.7. The SMILES string of the molecule is CCCC(=O)O[C@@H]1C[C@@H](OC(C)=O)[C@@H]2[C@@H](C)[C@@H](O)C[C@@H]2[C@@](C)(OC(C)=O)C1. The van der Waals surface area contributed by atoms with E-state index < -0.39 is 35.9 Å². The highest BCUT2D eigenvalue weighted by molar-refractivity contribution is 5.69. The van der Waals surface area contributed by atoms with Crippen LogP contribution in [0, 0.1) is 17.8 Å². The van der Waals surface area contributed by atoms with Crippen molar-refractivity contribution in [2.45, 2.75) is 90.6 Å². The lowest BCUT2D eigenvalue weighted by molar-refractivity contribution is -0.170. The van der Waals surface area contributed by atoms with E-state index in [0.29, 0.717) is 32.1 Å². The average Bonchev–Trinajstić information content (AvgIpc) is 2.76. The summed E-state index contributed by atoms with van der Waals surface area (Å²) in [7, 11) is 0. The van der Waals surface area contributed by atoms with Gasteiger partial charge in [-0.2, -0.15) is 0 Å². The Hall–Kier alpha value is -1.63. The van der Waals surface area contributed by atoms with Crippen molar-refractivity contribution in [1.82, 2.24) is 0 Å². The minimum atomic E-state index is -0.908. The molecule has 2 aliphatic carbocycles. The van der Waals surface area contributed by atoms with E-state index in [1.165, 1.54) is 13.8 Å². The van der Waals surface area contributed by atoms with Crippen molar-refractivity contribution >= 4 is 17.9 Å². The van der Waals surface area contributed by atoms with Gasteiger partial charge in [0.15, 0.2) is 0 Å². The first-order valence-electron chi connectivity index (χ1n) is 9.81. The number of rotatable bonds is 5. The van der Waals surface area contributed by atoms with Crippen LogP contribution in [0.2, 0.25) is 0 Å². The van der Waals surface area contributed by atoms with Gasteiger partial charge in [-0.25, -0.2) is 0 Å². The van der Waals surface area contributed by atoms with Gasteiger partial charge in [0.1, 0.15) is 17.8 Å².